The molecule has 0 fully saturated rings. The van der Waals surface area contributed by atoms with Crippen LogP contribution in [0.15, 0.2) is 80.3 Å². The number of anilines is 1. The second-order valence-electron chi connectivity index (χ2n) is 6.65. The number of nitro groups is 1. The van der Waals surface area contributed by atoms with Crippen molar-refractivity contribution in [2.75, 3.05) is 4.90 Å². The van der Waals surface area contributed by atoms with E-state index in [0.717, 1.165) is 0 Å². The van der Waals surface area contributed by atoms with Crippen LogP contribution in [0.2, 0.25) is 10.0 Å². The van der Waals surface area contributed by atoms with Crippen molar-refractivity contribution in [2.24, 2.45) is 4.99 Å². The maximum Gasteiger partial charge on any atom is 0.282 e. The Kier molecular flexibility index (Phi) is 6.48. The van der Waals surface area contributed by atoms with E-state index in [1.54, 1.807) is 24.3 Å². The smallest absolute Gasteiger partial charge is 0.266 e. The second kappa shape index (κ2) is 9.15. The summed E-state index contributed by atoms with van der Waals surface area (Å²) in [6, 6.07) is 16.8. The lowest BCUT2D eigenvalue weighted by molar-refractivity contribution is -0.385. The van der Waals surface area contributed by atoms with Crippen LogP contribution >= 0.6 is 55.1 Å². The molecule has 1 amide bonds. The molecule has 0 aromatic heterocycles. The van der Waals surface area contributed by atoms with Gasteiger partial charge in [-0.15, -0.1) is 0 Å². The van der Waals surface area contributed by atoms with Crippen LogP contribution in [0.4, 0.5) is 11.4 Å². The minimum Gasteiger partial charge on any atom is -0.266 e. The molecule has 32 heavy (non-hydrogen) atoms. The van der Waals surface area contributed by atoms with Gasteiger partial charge in [0.15, 0.2) is 0 Å². The van der Waals surface area contributed by atoms with Crippen molar-refractivity contribution < 1.29 is 9.72 Å². The van der Waals surface area contributed by atoms with Crippen molar-refractivity contribution in [3.8, 4) is 0 Å². The van der Waals surface area contributed by atoms with Crippen LogP contribution in [0.3, 0.4) is 0 Å². The van der Waals surface area contributed by atoms with Gasteiger partial charge in [-0.25, -0.2) is 4.99 Å². The molecule has 0 bridgehead atoms. The first-order valence-electron chi connectivity index (χ1n) is 9.05. The summed E-state index contributed by atoms with van der Waals surface area (Å²) in [5.41, 5.74) is 1.71. The summed E-state index contributed by atoms with van der Waals surface area (Å²) in [5.74, 6) is -0.0349. The fourth-order valence-electron chi connectivity index (χ4n) is 3.14. The van der Waals surface area contributed by atoms with Crippen LogP contribution in [-0.4, -0.2) is 16.7 Å². The van der Waals surface area contributed by atoms with Gasteiger partial charge in [0.2, 0.25) is 0 Å². The van der Waals surface area contributed by atoms with Gasteiger partial charge in [-0.2, -0.15) is 0 Å². The van der Waals surface area contributed by atoms with E-state index in [4.69, 9.17) is 23.2 Å². The minimum atomic E-state index is -0.509. The largest absolute Gasteiger partial charge is 0.282 e. The second-order valence-corrected chi connectivity index (χ2v) is 9.20. The van der Waals surface area contributed by atoms with Crippen molar-refractivity contribution in [3.63, 3.8) is 0 Å². The van der Waals surface area contributed by atoms with Gasteiger partial charge in [0.1, 0.15) is 11.5 Å². The number of carbonyl (C=O) groups is 1. The Morgan fingerprint density at radius 1 is 1.00 bits per heavy atom. The molecule has 1 heterocycles. The first kappa shape index (κ1) is 22.7. The number of nitrogens with zero attached hydrogens (tertiary/aromatic N) is 3. The Bertz CT molecular complexity index is 1300. The highest BCUT2D eigenvalue weighted by Crippen LogP contribution is 2.41. The molecule has 3 aromatic carbocycles. The SMILES string of the molecule is O=C1C(=Cc2ccc(Cl)cc2Cl)N=C(c2ccccc2)N1c1c(Br)cc([N+](=O)[O-])cc1Br. The molecule has 6 nitrogen and oxygen atoms in total. The lowest BCUT2D eigenvalue weighted by Gasteiger charge is -2.21. The minimum absolute atomic E-state index is 0.124. The van der Waals surface area contributed by atoms with Crippen LogP contribution in [0.5, 0.6) is 0 Å². The molecule has 0 radical (unpaired) electrons. The maximum atomic E-state index is 13.5. The topological polar surface area (TPSA) is 75.8 Å². The third-order valence-corrected chi connectivity index (χ3v) is 6.35. The number of rotatable bonds is 4. The Morgan fingerprint density at radius 3 is 2.25 bits per heavy atom. The molecule has 0 saturated heterocycles. The number of hydrogen-bond acceptors (Lipinski definition) is 4. The number of amidine groups is 1. The molecule has 1 aliphatic rings. The standard InChI is InChI=1S/C22H11Br2Cl2N3O3/c23-16-10-15(29(31)32)11-17(24)20(16)28-21(12-4-2-1-3-5-12)27-19(22(28)30)8-13-6-7-14(25)9-18(13)26/h1-11H. The maximum absolute atomic E-state index is 13.5. The summed E-state index contributed by atoms with van der Waals surface area (Å²) >= 11 is 19.0. The van der Waals surface area contributed by atoms with Gasteiger partial charge in [-0.05, 0) is 55.6 Å². The van der Waals surface area contributed by atoms with Crippen LogP contribution in [0, 0.1) is 10.1 Å². The first-order valence-corrected chi connectivity index (χ1v) is 11.4. The van der Waals surface area contributed by atoms with E-state index in [1.807, 2.05) is 30.3 Å². The number of amides is 1. The number of aliphatic imine (C=N–C) groups is 1. The van der Waals surface area contributed by atoms with Crippen LogP contribution < -0.4 is 4.90 Å². The van der Waals surface area contributed by atoms with E-state index in [9.17, 15) is 14.9 Å². The van der Waals surface area contributed by atoms with E-state index < -0.39 is 10.8 Å². The van der Waals surface area contributed by atoms with Gasteiger partial charge in [-0.1, -0.05) is 59.6 Å². The number of carbonyl (C=O) groups excluding carboxylic acids is 1. The zero-order valence-corrected chi connectivity index (χ0v) is 20.6. The van der Waals surface area contributed by atoms with Gasteiger partial charge < -0.3 is 0 Å². The summed E-state index contributed by atoms with van der Waals surface area (Å²) in [4.78, 5) is 30.2. The normalized spacial score (nSPS) is 14.8. The van der Waals surface area contributed by atoms with Crippen molar-refractivity contribution in [3.05, 3.63) is 107 Å². The van der Waals surface area contributed by atoms with Crippen molar-refractivity contribution in [2.45, 2.75) is 0 Å². The fraction of sp³-hybridized carbons (Fsp3) is 0. The Morgan fingerprint density at radius 2 is 1.66 bits per heavy atom. The van der Waals surface area contributed by atoms with E-state index >= 15 is 0 Å². The fourth-order valence-corrected chi connectivity index (χ4v) is 5.12. The average molecular weight is 596 g/mol. The number of hydrogen-bond donors (Lipinski definition) is 0. The highest BCUT2D eigenvalue weighted by molar-refractivity contribution is 9.11. The number of benzene rings is 3. The lowest BCUT2D eigenvalue weighted by Crippen LogP contribution is -2.33. The van der Waals surface area contributed by atoms with Gasteiger partial charge in [0, 0.05) is 36.7 Å². The molecule has 10 heteroatoms. The third kappa shape index (κ3) is 4.36. The summed E-state index contributed by atoms with van der Waals surface area (Å²) in [6.45, 7) is 0. The van der Waals surface area contributed by atoms with Crippen molar-refractivity contribution in [1.29, 1.82) is 0 Å². The summed E-state index contributed by atoms with van der Waals surface area (Å²) < 4.78 is 0.725. The molecular weight excluding hydrogens is 585 g/mol. The molecule has 0 saturated carbocycles. The highest BCUT2D eigenvalue weighted by Gasteiger charge is 2.35. The predicted molar refractivity (Wildman–Crippen MR) is 133 cm³/mol. The van der Waals surface area contributed by atoms with E-state index in [2.05, 4.69) is 36.9 Å². The van der Waals surface area contributed by atoms with Crippen LogP contribution in [0.1, 0.15) is 11.1 Å². The Hall–Kier alpha value is -2.52. The zero-order valence-electron chi connectivity index (χ0n) is 15.9. The number of non-ortho nitro benzene ring substituents is 1. The Labute approximate surface area is 209 Å². The van der Waals surface area contributed by atoms with Gasteiger partial charge in [-0.3, -0.25) is 19.8 Å². The monoisotopic (exact) mass is 593 g/mol. The zero-order chi connectivity index (χ0) is 23.0. The summed E-state index contributed by atoms with van der Waals surface area (Å²) in [7, 11) is 0. The van der Waals surface area contributed by atoms with Crippen LogP contribution in [0.25, 0.3) is 6.08 Å². The summed E-state index contributed by atoms with van der Waals surface area (Å²) in [6.07, 6.45) is 1.58. The third-order valence-electron chi connectivity index (χ3n) is 4.58. The quantitative estimate of drug-likeness (QED) is 0.181. The van der Waals surface area contributed by atoms with Gasteiger partial charge >= 0.3 is 0 Å². The van der Waals surface area contributed by atoms with Crippen molar-refractivity contribution >= 4 is 84.3 Å². The van der Waals surface area contributed by atoms with Crippen molar-refractivity contribution in [1.82, 2.24) is 0 Å². The highest BCUT2D eigenvalue weighted by atomic mass is 79.9. The lowest BCUT2D eigenvalue weighted by atomic mass is 10.1. The molecule has 0 N–H and O–H groups in total. The molecule has 3 aromatic rings. The molecule has 0 spiro atoms. The molecule has 0 aliphatic carbocycles. The molecular formula is C22H11Br2Cl2N3O3. The molecule has 160 valence electrons. The Balaban J connectivity index is 1.89. The molecule has 1 aliphatic heterocycles. The van der Waals surface area contributed by atoms with E-state index in [1.165, 1.54) is 17.0 Å². The molecule has 0 unspecified atom stereocenters. The van der Waals surface area contributed by atoms with Gasteiger partial charge in [0.25, 0.3) is 11.6 Å². The number of nitro benzene ring substituents is 1. The average Bonchev–Trinajstić information content (AvgIpc) is 3.06. The van der Waals surface area contributed by atoms with Gasteiger partial charge in [0.05, 0.1) is 10.6 Å². The first-order chi connectivity index (χ1) is 15.3. The summed E-state index contributed by atoms with van der Waals surface area (Å²) in [5, 5.41) is 12.1. The van der Waals surface area contributed by atoms with E-state index in [-0.39, 0.29) is 11.4 Å². The van der Waals surface area contributed by atoms with E-state index in [0.29, 0.717) is 41.6 Å². The molecule has 0 atom stereocenters. The van der Waals surface area contributed by atoms with Crippen LogP contribution in [-0.2, 0) is 4.79 Å². The molecule has 4 rings (SSSR count). The number of halogens is 4. The predicted octanol–water partition coefficient (Wildman–Crippen LogP) is 7.26.